The molecule has 0 radical (unpaired) electrons. The van der Waals surface area contributed by atoms with Crippen LogP contribution in [0.15, 0.2) is 0 Å². The Morgan fingerprint density at radius 1 is 0.357 bits per heavy atom. The Morgan fingerprint density at radius 3 is 0.357 bits per heavy atom. The largest absolute Gasteiger partial charge is 0.323 e. The fourth-order valence-electron chi connectivity index (χ4n) is 0. The lowest BCUT2D eigenvalue weighted by molar-refractivity contribution is 1.02. The van der Waals surface area contributed by atoms with Crippen LogP contribution < -0.4 is 16.0 Å². The fraction of sp³-hybridized carbons (Fsp3) is 1.00. The summed E-state index contributed by atoms with van der Waals surface area (Å²) in [5.74, 6) is 0. The van der Waals surface area contributed by atoms with Gasteiger partial charge < -0.3 is 16.0 Å². The van der Waals surface area contributed by atoms with E-state index in [0.717, 1.165) is 0 Å². The standard InChI is InChI=1S/3C2H7N.5ClH/c3*1-3-2;;;;;/h3*3H,1-2H3;5*1H. The molecule has 0 atom stereocenters. The van der Waals surface area contributed by atoms with Gasteiger partial charge in [-0.3, -0.25) is 0 Å². The molecule has 0 unspecified atom stereocenters. The summed E-state index contributed by atoms with van der Waals surface area (Å²) in [6.45, 7) is 0. The molecular formula is C6H26Cl5N3. The monoisotopic (exact) mass is 315 g/mol. The smallest absolute Gasteiger partial charge is 0.0167 e. The molecule has 0 aromatic heterocycles. The van der Waals surface area contributed by atoms with Crippen molar-refractivity contribution in [2.24, 2.45) is 0 Å². The molecule has 0 aromatic carbocycles. The highest BCUT2D eigenvalue weighted by Crippen LogP contribution is 0.987. The highest BCUT2D eigenvalue weighted by Gasteiger charge is 1.26. The van der Waals surface area contributed by atoms with Gasteiger partial charge in [-0.2, -0.15) is 0 Å². The molecule has 0 spiro atoms. The fourth-order valence-corrected chi connectivity index (χ4v) is 0. The Balaban J connectivity index is -0.00000000545. The molecule has 0 fully saturated rings. The third-order valence-electron chi connectivity index (χ3n) is 0. The number of halogens is 5. The Labute approximate surface area is 120 Å². The van der Waals surface area contributed by atoms with Gasteiger partial charge in [-0.25, -0.2) is 0 Å². The first kappa shape index (κ1) is 58.6. The molecule has 100 valence electrons. The van der Waals surface area contributed by atoms with Gasteiger partial charge in [0.05, 0.1) is 0 Å². The topological polar surface area (TPSA) is 36.1 Å². The first-order valence-electron chi connectivity index (χ1n) is 3.00. The molecule has 0 heterocycles. The lowest BCUT2D eigenvalue weighted by atomic mass is 11.3. The van der Waals surface area contributed by atoms with Crippen molar-refractivity contribution in [3.63, 3.8) is 0 Å². The minimum atomic E-state index is 0. The summed E-state index contributed by atoms with van der Waals surface area (Å²) in [6, 6.07) is 0. The van der Waals surface area contributed by atoms with Gasteiger partial charge in [-0.15, -0.1) is 62.0 Å². The van der Waals surface area contributed by atoms with Crippen molar-refractivity contribution in [1.29, 1.82) is 0 Å². The third-order valence-corrected chi connectivity index (χ3v) is 0. The number of rotatable bonds is 0. The van der Waals surface area contributed by atoms with E-state index < -0.39 is 0 Å². The molecule has 0 bridgehead atoms. The summed E-state index contributed by atoms with van der Waals surface area (Å²) in [6.07, 6.45) is 0. The van der Waals surface area contributed by atoms with E-state index in [-0.39, 0.29) is 62.0 Å². The molecule has 14 heavy (non-hydrogen) atoms. The Kier molecular flexibility index (Phi) is 568. The zero-order chi connectivity index (χ0) is 8.12. The molecule has 0 amide bonds. The number of nitrogens with one attached hydrogen (secondary N) is 3. The van der Waals surface area contributed by atoms with Crippen LogP contribution in [-0.2, 0) is 0 Å². The Hall–Kier alpha value is 1.33. The molecule has 0 aliphatic heterocycles. The summed E-state index contributed by atoms with van der Waals surface area (Å²) in [5, 5.41) is 8.25. The second-order valence-electron chi connectivity index (χ2n) is 1.50. The van der Waals surface area contributed by atoms with Gasteiger partial charge in [0.15, 0.2) is 0 Å². The van der Waals surface area contributed by atoms with Gasteiger partial charge in [0.25, 0.3) is 0 Å². The molecule has 3 nitrogen and oxygen atoms in total. The van der Waals surface area contributed by atoms with Gasteiger partial charge in [-0.05, 0) is 42.3 Å². The molecule has 0 saturated carbocycles. The lowest BCUT2D eigenvalue weighted by Gasteiger charge is -1.59. The van der Waals surface area contributed by atoms with Crippen LogP contribution in [0, 0.1) is 0 Å². The molecule has 8 heteroatoms. The van der Waals surface area contributed by atoms with E-state index in [1.807, 2.05) is 42.3 Å². The number of hydrogen-bond donors (Lipinski definition) is 3. The quantitative estimate of drug-likeness (QED) is 0.635. The van der Waals surface area contributed by atoms with Gasteiger partial charge in [0.2, 0.25) is 0 Å². The van der Waals surface area contributed by atoms with Crippen LogP contribution in [-0.4, -0.2) is 42.3 Å². The predicted octanol–water partition coefficient (Wildman–Crippen LogP) is 1.62. The maximum absolute atomic E-state index is 2.75. The van der Waals surface area contributed by atoms with Crippen molar-refractivity contribution >= 4 is 62.0 Å². The van der Waals surface area contributed by atoms with Gasteiger partial charge in [0.1, 0.15) is 0 Å². The number of hydrogen-bond acceptors (Lipinski definition) is 3. The van der Waals surface area contributed by atoms with Crippen molar-refractivity contribution in [2.45, 2.75) is 0 Å². The van der Waals surface area contributed by atoms with Crippen LogP contribution in [0.5, 0.6) is 0 Å². The highest BCUT2D eigenvalue weighted by molar-refractivity contribution is 5.86. The van der Waals surface area contributed by atoms with Crippen molar-refractivity contribution in [2.75, 3.05) is 42.3 Å². The van der Waals surface area contributed by atoms with Crippen molar-refractivity contribution < 1.29 is 0 Å². The van der Waals surface area contributed by atoms with Crippen LogP contribution >= 0.6 is 62.0 Å². The zero-order valence-electron chi connectivity index (χ0n) is 9.54. The minimum Gasteiger partial charge on any atom is -0.323 e. The predicted molar refractivity (Wildman–Crippen MR) is 81.2 cm³/mol. The van der Waals surface area contributed by atoms with E-state index in [4.69, 9.17) is 0 Å². The molecule has 3 N–H and O–H groups in total. The van der Waals surface area contributed by atoms with E-state index in [9.17, 15) is 0 Å². The van der Waals surface area contributed by atoms with Crippen LogP contribution in [0.3, 0.4) is 0 Å². The van der Waals surface area contributed by atoms with Crippen LogP contribution in [0.1, 0.15) is 0 Å². The van der Waals surface area contributed by atoms with Crippen molar-refractivity contribution in [3.8, 4) is 0 Å². The molecule has 0 saturated heterocycles. The van der Waals surface area contributed by atoms with Crippen molar-refractivity contribution in [3.05, 3.63) is 0 Å². The van der Waals surface area contributed by atoms with E-state index in [1.54, 1.807) is 0 Å². The first-order valence-corrected chi connectivity index (χ1v) is 3.00. The maximum atomic E-state index is 2.75. The van der Waals surface area contributed by atoms with Crippen molar-refractivity contribution in [1.82, 2.24) is 16.0 Å². The molecule has 0 rings (SSSR count). The molecular weight excluding hydrogens is 291 g/mol. The Bertz CT molecular complexity index is 26.2. The average molecular weight is 318 g/mol. The molecule has 0 aliphatic carbocycles. The first-order chi connectivity index (χ1) is 4.24. The SMILES string of the molecule is CNC.CNC.CNC.Cl.Cl.Cl.Cl.Cl. The van der Waals surface area contributed by atoms with Gasteiger partial charge in [-0.1, -0.05) is 0 Å². The zero-order valence-corrected chi connectivity index (χ0v) is 13.6. The highest BCUT2D eigenvalue weighted by atomic mass is 35.5. The van der Waals surface area contributed by atoms with Gasteiger partial charge >= 0.3 is 0 Å². The van der Waals surface area contributed by atoms with Crippen LogP contribution in [0.25, 0.3) is 0 Å². The minimum absolute atomic E-state index is 0. The maximum Gasteiger partial charge on any atom is -0.0167 e. The van der Waals surface area contributed by atoms with E-state index in [2.05, 4.69) is 16.0 Å². The second-order valence-corrected chi connectivity index (χ2v) is 1.50. The summed E-state index contributed by atoms with van der Waals surface area (Å²) >= 11 is 0. The summed E-state index contributed by atoms with van der Waals surface area (Å²) < 4.78 is 0. The van der Waals surface area contributed by atoms with E-state index in [1.165, 1.54) is 0 Å². The molecule has 0 aromatic rings. The lowest BCUT2D eigenvalue weighted by Crippen LogP contribution is -1.89. The van der Waals surface area contributed by atoms with E-state index in [0.29, 0.717) is 0 Å². The third kappa shape index (κ3) is 1150. The van der Waals surface area contributed by atoms with Crippen LogP contribution in [0.4, 0.5) is 0 Å². The summed E-state index contributed by atoms with van der Waals surface area (Å²) in [4.78, 5) is 0. The summed E-state index contributed by atoms with van der Waals surface area (Å²) in [7, 11) is 11.2. The Morgan fingerprint density at radius 2 is 0.357 bits per heavy atom. The summed E-state index contributed by atoms with van der Waals surface area (Å²) in [5.41, 5.74) is 0. The van der Waals surface area contributed by atoms with Gasteiger partial charge in [0, 0.05) is 0 Å². The molecule has 0 aliphatic rings. The second kappa shape index (κ2) is 136. The van der Waals surface area contributed by atoms with E-state index >= 15 is 0 Å². The normalized spacial score (nSPS) is 3.86. The average Bonchev–Trinajstić information content (AvgIpc) is 1.70. The van der Waals surface area contributed by atoms with Crippen LogP contribution in [0.2, 0.25) is 0 Å².